The van der Waals surface area contributed by atoms with E-state index in [1.54, 1.807) is 0 Å². The van der Waals surface area contributed by atoms with Gasteiger partial charge in [-0.05, 0) is 24.6 Å². The van der Waals surface area contributed by atoms with Crippen LogP contribution in [0.5, 0.6) is 0 Å². The molecule has 0 unspecified atom stereocenters. The number of fused-ring (bicyclic) bond motifs is 3. The lowest BCUT2D eigenvalue weighted by Crippen LogP contribution is -1.96. The topological polar surface area (TPSA) is 55.4 Å². The van der Waals surface area contributed by atoms with Crippen molar-refractivity contribution in [1.29, 1.82) is 5.41 Å². The second-order valence-electron chi connectivity index (χ2n) is 4.13. The van der Waals surface area contributed by atoms with Gasteiger partial charge >= 0.3 is 0 Å². The molecule has 2 heterocycles. The van der Waals surface area contributed by atoms with Crippen LogP contribution in [0, 0.1) is 11.2 Å². The van der Waals surface area contributed by atoms with Gasteiger partial charge in [-0.2, -0.15) is 0 Å². The Morgan fingerprint density at radius 3 is 2.79 bits per heavy atom. The van der Waals surface area contributed by atoms with Gasteiger partial charge in [-0.25, -0.2) is 4.39 Å². The van der Waals surface area contributed by atoms with Gasteiger partial charge in [0.2, 0.25) is 0 Å². The largest absolute Gasteiger partial charge is 0.359 e. The number of H-pyrrole nitrogens is 2. The molecule has 0 atom stereocenters. The quantitative estimate of drug-likeness (QED) is 0.611. The highest BCUT2D eigenvalue weighted by molar-refractivity contribution is 7.06. The monoisotopic (exact) mass is 297 g/mol. The molecule has 0 saturated heterocycles. The van der Waals surface area contributed by atoms with Gasteiger partial charge in [0.25, 0.3) is 0 Å². The first kappa shape index (κ1) is 13.8. The maximum absolute atomic E-state index is 13.5. The van der Waals surface area contributed by atoms with Gasteiger partial charge in [0.05, 0.1) is 16.4 Å². The van der Waals surface area contributed by atoms with Gasteiger partial charge in [-0.15, -0.1) is 12.4 Å². The van der Waals surface area contributed by atoms with Crippen molar-refractivity contribution in [1.82, 2.24) is 9.36 Å². The Kier molecular flexibility index (Phi) is 3.78. The summed E-state index contributed by atoms with van der Waals surface area (Å²) >= 11 is 1.53. The Hall–Kier alpha value is -1.59. The average Bonchev–Trinajstić information content (AvgIpc) is 2.54. The number of aromatic amines is 2. The molecular weight excluding hydrogens is 285 g/mol. The maximum atomic E-state index is 13.5. The molecule has 100 valence electrons. The Morgan fingerprint density at radius 1 is 1.26 bits per heavy atom. The standard InChI is InChI=1S/C13H12FN3S.ClH/c1-2-8-6-9-11(15)13-10(12(9)17-18-8)5-7(14)3-4-16-13;/h3-6,15-17H,2H2,1H3;1H. The molecule has 1 aromatic carbocycles. The van der Waals surface area contributed by atoms with E-state index < -0.39 is 0 Å². The summed E-state index contributed by atoms with van der Waals surface area (Å²) in [5, 5.41) is 10.1. The number of aryl methyl sites for hydroxylation is 1. The molecule has 6 heteroatoms. The van der Waals surface area contributed by atoms with Crippen LogP contribution in [0.2, 0.25) is 0 Å². The predicted octanol–water partition coefficient (Wildman–Crippen LogP) is 3.88. The lowest BCUT2D eigenvalue weighted by Gasteiger charge is -1.96. The van der Waals surface area contributed by atoms with E-state index in [0.717, 1.165) is 22.7 Å². The van der Waals surface area contributed by atoms with E-state index in [1.165, 1.54) is 34.7 Å². The predicted molar refractivity (Wildman–Crippen MR) is 79.3 cm³/mol. The average molecular weight is 298 g/mol. The van der Waals surface area contributed by atoms with Gasteiger partial charge in [0, 0.05) is 21.8 Å². The van der Waals surface area contributed by atoms with E-state index in [0.29, 0.717) is 10.9 Å². The van der Waals surface area contributed by atoms with Crippen molar-refractivity contribution in [3.05, 3.63) is 40.4 Å². The lowest BCUT2D eigenvalue weighted by atomic mass is 10.3. The normalized spacial score (nSPS) is 10.6. The molecular formula is C13H13ClFN3S. The molecule has 0 fully saturated rings. The van der Waals surface area contributed by atoms with Gasteiger partial charge in [0.1, 0.15) is 5.82 Å². The summed E-state index contributed by atoms with van der Waals surface area (Å²) in [5.74, 6) is -0.314. The van der Waals surface area contributed by atoms with Crippen LogP contribution < -0.4 is 5.36 Å². The minimum Gasteiger partial charge on any atom is -0.359 e. The molecule has 3 nitrogen and oxygen atoms in total. The molecule has 3 rings (SSSR count). The summed E-state index contributed by atoms with van der Waals surface area (Å²) in [4.78, 5) is 4.15. The van der Waals surface area contributed by atoms with Crippen molar-refractivity contribution in [3.8, 4) is 0 Å². The first-order valence-electron chi connectivity index (χ1n) is 5.72. The van der Waals surface area contributed by atoms with Crippen molar-refractivity contribution >= 4 is 45.7 Å². The Balaban J connectivity index is 0.00000133. The zero-order chi connectivity index (χ0) is 12.7. The Bertz CT molecular complexity index is 816. The fraction of sp³-hybridized carbons (Fsp3) is 0.154. The van der Waals surface area contributed by atoms with Crippen molar-refractivity contribution in [2.24, 2.45) is 0 Å². The molecule has 3 N–H and O–H groups in total. The van der Waals surface area contributed by atoms with E-state index in [2.05, 4.69) is 16.3 Å². The van der Waals surface area contributed by atoms with Crippen molar-refractivity contribution in [3.63, 3.8) is 0 Å². The molecule has 0 spiro atoms. The van der Waals surface area contributed by atoms with Crippen molar-refractivity contribution in [2.75, 3.05) is 0 Å². The maximum Gasteiger partial charge on any atom is 0.125 e. The third kappa shape index (κ3) is 2.19. The summed E-state index contributed by atoms with van der Waals surface area (Å²) in [6, 6.07) is 4.82. The minimum atomic E-state index is -0.314. The van der Waals surface area contributed by atoms with Crippen molar-refractivity contribution in [2.45, 2.75) is 13.3 Å². The Labute approximate surface area is 119 Å². The van der Waals surface area contributed by atoms with E-state index in [1.807, 2.05) is 6.07 Å². The number of halogens is 2. The number of hydrogen-bond acceptors (Lipinski definition) is 2. The summed E-state index contributed by atoms with van der Waals surface area (Å²) in [5.41, 5.74) is 1.48. The van der Waals surface area contributed by atoms with Crippen LogP contribution in [0.3, 0.4) is 0 Å². The molecule has 19 heavy (non-hydrogen) atoms. The summed E-state index contributed by atoms with van der Waals surface area (Å²) < 4.78 is 16.7. The number of rotatable bonds is 1. The highest BCUT2D eigenvalue weighted by atomic mass is 35.5. The van der Waals surface area contributed by atoms with E-state index in [4.69, 9.17) is 5.41 Å². The highest BCUT2D eigenvalue weighted by Gasteiger charge is 2.09. The van der Waals surface area contributed by atoms with Crippen LogP contribution in [0.1, 0.15) is 11.8 Å². The molecule has 3 aromatic rings. The van der Waals surface area contributed by atoms with Crippen LogP contribution in [-0.4, -0.2) is 9.36 Å². The van der Waals surface area contributed by atoms with Gasteiger partial charge < -0.3 is 9.36 Å². The van der Waals surface area contributed by atoms with Gasteiger partial charge in [-0.3, -0.25) is 5.41 Å². The molecule has 0 aliphatic rings. The zero-order valence-electron chi connectivity index (χ0n) is 10.2. The first-order chi connectivity index (χ1) is 8.70. The van der Waals surface area contributed by atoms with Crippen LogP contribution in [0.15, 0.2) is 24.4 Å². The number of nitrogens with one attached hydrogen (secondary N) is 3. The Morgan fingerprint density at radius 2 is 2.05 bits per heavy atom. The second kappa shape index (κ2) is 5.19. The van der Waals surface area contributed by atoms with Crippen LogP contribution in [-0.2, 0) is 6.42 Å². The molecule has 0 bridgehead atoms. The molecule has 0 aliphatic heterocycles. The van der Waals surface area contributed by atoms with Crippen LogP contribution in [0.25, 0.3) is 21.8 Å². The van der Waals surface area contributed by atoms with Gasteiger partial charge in [0.15, 0.2) is 0 Å². The SMILES string of the molecule is CCc1cc2c(=N)c3[nH]ccc(F)cc3c2[nH]s1.Cl. The third-order valence-electron chi connectivity index (χ3n) is 3.02. The van der Waals surface area contributed by atoms with E-state index in [-0.39, 0.29) is 18.2 Å². The van der Waals surface area contributed by atoms with Crippen LogP contribution in [0.4, 0.5) is 4.39 Å². The number of hydrogen-bond donors (Lipinski definition) is 3. The van der Waals surface area contributed by atoms with E-state index >= 15 is 0 Å². The molecule has 0 saturated carbocycles. The zero-order valence-corrected chi connectivity index (χ0v) is 11.8. The smallest absolute Gasteiger partial charge is 0.125 e. The third-order valence-corrected chi connectivity index (χ3v) is 3.99. The minimum absolute atomic E-state index is 0. The van der Waals surface area contributed by atoms with Crippen LogP contribution >= 0.6 is 23.9 Å². The highest BCUT2D eigenvalue weighted by Crippen LogP contribution is 2.23. The molecule has 2 aromatic heterocycles. The molecule has 0 amide bonds. The fourth-order valence-corrected chi connectivity index (χ4v) is 2.86. The summed E-state index contributed by atoms with van der Waals surface area (Å²) in [6.45, 7) is 2.07. The lowest BCUT2D eigenvalue weighted by molar-refractivity contribution is 0.630. The van der Waals surface area contributed by atoms with E-state index in [9.17, 15) is 4.39 Å². The number of aromatic nitrogens is 2. The fourth-order valence-electron chi connectivity index (χ4n) is 2.08. The first-order valence-corrected chi connectivity index (χ1v) is 6.54. The molecule has 0 radical (unpaired) electrons. The summed E-state index contributed by atoms with van der Waals surface area (Å²) in [6.07, 6.45) is 2.45. The van der Waals surface area contributed by atoms with Crippen molar-refractivity contribution < 1.29 is 4.39 Å². The molecule has 0 aliphatic carbocycles. The van der Waals surface area contributed by atoms with Gasteiger partial charge in [-0.1, -0.05) is 18.5 Å². The second-order valence-corrected chi connectivity index (χ2v) is 5.06. The summed E-state index contributed by atoms with van der Waals surface area (Å²) in [7, 11) is 0.